The molecule has 5 heteroatoms. The molecule has 0 bridgehead atoms. The second-order valence-corrected chi connectivity index (χ2v) is 5.61. The van der Waals surface area contributed by atoms with Crippen LogP contribution in [-0.4, -0.2) is 18.0 Å². The van der Waals surface area contributed by atoms with E-state index in [2.05, 4.69) is 5.32 Å². The molecule has 0 aliphatic rings. The normalized spacial score (nSPS) is 11.9. The van der Waals surface area contributed by atoms with Crippen molar-refractivity contribution in [1.29, 1.82) is 0 Å². The van der Waals surface area contributed by atoms with Crippen LogP contribution in [0.25, 0.3) is 0 Å². The number of nitrogens with two attached hydrogens (primary N) is 1. The van der Waals surface area contributed by atoms with Gasteiger partial charge in [-0.3, -0.25) is 0 Å². The molecule has 0 spiro atoms. The number of benzene rings is 1. The first-order chi connectivity index (χ1) is 9.56. The summed E-state index contributed by atoms with van der Waals surface area (Å²) in [5, 5.41) is 6.92. The summed E-state index contributed by atoms with van der Waals surface area (Å²) in [6.07, 6.45) is 0. The number of anilines is 1. The number of hydrogen-bond donors (Lipinski definition) is 2. The molecule has 1 unspecified atom stereocenters. The van der Waals surface area contributed by atoms with Crippen molar-refractivity contribution in [2.75, 3.05) is 12.4 Å². The van der Waals surface area contributed by atoms with Gasteiger partial charge in [-0.2, -0.15) is 11.3 Å². The Kier molecular flexibility index (Phi) is 4.76. The van der Waals surface area contributed by atoms with E-state index in [1.165, 1.54) is 0 Å². The Balaban J connectivity index is 1.93. The predicted molar refractivity (Wildman–Crippen MR) is 83.8 cm³/mol. The number of amides is 2. The van der Waals surface area contributed by atoms with Crippen molar-refractivity contribution >= 4 is 23.1 Å². The predicted octanol–water partition coefficient (Wildman–Crippen LogP) is 3.43. The SMILES string of the molecule is CC(N)c1ccc(NC(=O)N(C)Cc2ccsc2)cc1. The number of urea groups is 1. The number of thiophene rings is 1. The van der Waals surface area contributed by atoms with E-state index in [0.717, 1.165) is 16.8 Å². The average molecular weight is 289 g/mol. The lowest BCUT2D eigenvalue weighted by atomic mass is 10.1. The fraction of sp³-hybridized carbons (Fsp3) is 0.267. The molecular formula is C15H19N3OS. The van der Waals surface area contributed by atoms with Crippen LogP contribution in [0.5, 0.6) is 0 Å². The highest BCUT2D eigenvalue weighted by molar-refractivity contribution is 7.07. The van der Waals surface area contributed by atoms with Gasteiger partial charge in [-0.25, -0.2) is 4.79 Å². The zero-order chi connectivity index (χ0) is 14.5. The van der Waals surface area contributed by atoms with Crippen LogP contribution in [0.15, 0.2) is 41.1 Å². The van der Waals surface area contributed by atoms with Gasteiger partial charge >= 0.3 is 6.03 Å². The topological polar surface area (TPSA) is 58.4 Å². The minimum absolute atomic E-state index is 0.000941. The summed E-state index contributed by atoms with van der Waals surface area (Å²) in [4.78, 5) is 13.7. The molecule has 0 aliphatic heterocycles. The molecule has 20 heavy (non-hydrogen) atoms. The molecule has 106 valence electrons. The maximum Gasteiger partial charge on any atom is 0.321 e. The molecule has 0 aliphatic carbocycles. The van der Waals surface area contributed by atoms with Gasteiger partial charge in [0.25, 0.3) is 0 Å². The Morgan fingerprint density at radius 1 is 1.35 bits per heavy atom. The Labute approximate surface area is 123 Å². The van der Waals surface area contributed by atoms with Crippen LogP contribution in [-0.2, 0) is 6.54 Å². The molecule has 1 aromatic heterocycles. The third kappa shape index (κ3) is 3.82. The number of nitrogens with zero attached hydrogens (tertiary/aromatic N) is 1. The molecule has 2 aromatic rings. The minimum atomic E-state index is -0.121. The molecular weight excluding hydrogens is 270 g/mol. The van der Waals surface area contributed by atoms with Crippen molar-refractivity contribution in [1.82, 2.24) is 4.90 Å². The Hall–Kier alpha value is -1.85. The van der Waals surface area contributed by atoms with Crippen molar-refractivity contribution < 1.29 is 4.79 Å². The van der Waals surface area contributed by atoms with Crippen LogP contribution < -0.4 is 11.1 Å². The summed E-state index contributed by atoms with van der Waals surface area (Å²) in [6, 6.07) is 9.50. The van der Waals surface area contributed by atoms with Crippen LogP contribution in [0.4, 0.5) is 10.5 Å². The Morgan fingerprint density at radius 3 is 2.60 bits per heavy atom. The van der Waals surface area contributed by atoms with E-state index < -0.39 is 0 Å². The van der Waals surface area contributed by atoms with Gasteiger partial charge in [-0.15, -0.1) is 0 Å². The monoisotopic (exact) mass is 289 g/mol. The van der Waals surface area contributed by atoms with E-state index in [1.54, 1.807) is 23.3 Å². The highest BCUT2D eigenvalue weighted by Gasteiger charge is 2.09. The van der Waals surface area contributed by atoms with E-state index in [9.17, 15) is 4.79 Å². The molecule has 0 saturated carbocycles. The first-order valence-corrected chi connectivity index (χ1v) is 7.39. The summed E-state index contributed by atoms with van der Waals surface area (Å²) in [7, 11) is 1.78. The van der Waals surface area contributed by atoms with Crippen LogP contribution in [0.1, 0.15) is 24.1 Å². The summed E-state index contributed by atoms with van der Waals surface area (Å²) < 4.78 is 0. The van der Waals surface area contributed by atoms with Crippen molar-refractivity contribution in [3.05, 3.63) is 52.2 Å². The zero-order valence-corrected chi connectivity index (χ0v) is 12.5. The lowest BCUT2D eigenvalue weighted by molar-refractivity contribution is 0.221. The molecule has 1 heterocycles. The van der Waals surface area contributed by atoms with E-state index >= 15 is 0 Å². The number of nitrogens with one attached hydrogen (secondary N) is 1. The van der Waals surface area contributed by atoms with Crippen LogP contribution >= 0.6 is 11.3 Å². The smallest absolute Gasteiger partial charge is 0.321 e. The fourth-order valence-corrected chi connectivity index (χ4v) is 2.48. The van der Waals surface area contributed by atoms with Gasteiger partial charge in [0.15, 0.2) is 0 Å². The van der Waals surface area contributed by atoms with Gasteiger partial charge in [-0.1, -0.05) is 12.1 Å². The van der Waals surface area contributed by atoms with Gasteiger partial charge < -0.3 is 16.0 Å². The van der Waals surface area contributed by atoms with Gasteiger partial charge in [0.1, 0.15) is 0 Å². The summed E-state index contributed by atoms with van der Waals surface area (Å²) in [5.41, 5.74) is 8.76. The lowest BCUT2D eigenvalue weighted by Crippen LogP contribution is -2.30. The average Bonchev–Trinajstić information content (AvgIpc) is 2.92. The van der Waals surface area contributed by atoms with Gasteiger partial charge in [0, 0.05) is 25.3 Å². The molecule has 2 amide bonds. The van der Waals surface area contributed by atoms with E-state index in [-0.39, 0.29) is 12.1 Å². The second kappa shape index (κ2) is 6.54. The quantitative estimate of drug-likeness (QED) is 0.906. The number of rotatable bonds is 4. The first kappa shape index (κ1) is 14.6. The van der Waals surface area contributed by atoms with Crippen LogP contribution in [0.3, 0.4) is 0 Å². The summed E-state index contributed by atoms with van der Waals surface area (Å²) in [6.45, 7) is 2.54. The molecule has 3 N–H and O–H groups in total. The van der Waals surface area contributed by atoms with Crippen molar-refractivity contribution in [3.63, 3.8) is 0 Å². The summed E-state index contributed by atoms with van der Waals surface area (Å²) >= 11 is 1.63. The number of carbonyl (C=O) groups is 1. The molecule has 4 nitrogen and oxygen atoms in total. The van der Waals surface area contributed by atoms with Crippen LogP contribution in [0, 0.1) is 0 Å². The highest BCUT2D eigenvalue weighted by atomic mass is 32.1. The molecule has 2 rings (SSSR count). The molecule has 0 fully saturated rings. The van der Waals surface area contributed by atoms with E-state index in [0.29, 0.717) is 6.54 Å². The Morgan fingerprint density at radius 2 is 2.05 bits per heavy atom. The van der Waals surface area contributed by atoms with Crippen molar-refractivity contribution in [2.45, 2.75) is 19.5 Å². The first-order valence-electron chi connectivity index (χ1n) is 6.45. The molecule has 1 aromatic carbocycles. The Bertz CT molecular complexity index is 549. The molecule has 1 atom stereocenters. The van der Waals surface area contributed by atoms with E-state index in [4.69, 9.17) is 5.73 Å². The minimum Gasteiger partial charge on any atom is -0.324 e. The van der Waals surface area contributed by atoms with Gasteiger partial charge in [0.05, 0.1) is 0 Å². The lowest BCUT2D eigenvalue weighted by Gasteiger charge is -2.17. The third-order valence-electron chi connectivity index (χ3n) is 3.03. The second-order valence-electron chi connectivity index (χ2n) is 4.83. The standard InChI is InChI=1S/C15H19N3OS/c1-11(16)13-3-5-14(6-4-13)17-15(19)18(2)9-12-7-8-20-10-12/h3-8,10-11H,9,16H2,1-2H3,(H,17,19). The maximum absolute atomic E-state index is 12.1. The van der Waals surface area contributed by atoms with Crippen molar-refractivity contribution in [2.24, 2.45) is 5.73 Å². The van der Waals surface area contributed by atoms with Gasteiger partial charge in [-0.05, 0) is 47.0 Å². The van der Waals surface area contributed by atoms with Crippen LogP contribution in [0.2, 0.25) is 0 Å². The molecule has 0 saturated heterocycles. The number of carbonyl (C=O) groups excluding carboxylic acids is 1. The highest BCUT2D eigenvalue weighted by Crippen LogP contribution is 2.15. The third-order valence-corrected chi connectivity index (χ3v) is 3.77. The molecule has 0 radical (unpaired) electrons. The van der Waals surface area contributed by atoms with E-state index in [1.807, 2.05) is 48.0 Å². The fourth-order valence-electron chi connectivity index (χ4n) is 1.82. The summed E-state index contributed by atoms with van der Waals surface area (Å²) in [5.74, 6) is 0. The maximum atomic E-state index is 12.1. The number of hydrogen-bond acceptors (Lipinski definition) is 3. The largest absolute Gasteiger partial charge is 0.324 e. The zero-order valence-electron chi connectivity index (χ0n) is 11.7. The van der Waals surface area contributed by atoms with Gasteiger partial charge in [0.2, 0.25) is 0 Å². The van der Waals surface area contributed by atoms with Crippen molar-refractivity contribution in [3.8, 4) is 0 Å².